The molecule has 0 bridgehead atoms. The molecule has 2 rings (SSSR count). The highest BCUT2D eigenvalue weighted by molar-refractivity contribution is 7.89. The normalized spacial score (nSPS) is 20.6. The quantitative estimate of drug-likeness (QED) is 0.852. The van der Waals surface area contributed by atoms with Gasteiger partial charge < -0.3 is 0 Å². The van der Waals surface area contributed by atoms with Crippen LogP contribution in [0.4, 0.5) is 0 Å². The first-order valence-corrected chi connectivity index (χ1v) is 7.93. The van der Waals surface area contributed by atoms with Gasteiger partial charge in [-0.05, 0) is 30.9 Å². The molecule has 1 aromatic rings. The van der Waals surface area contributed by atoms with E-state index in [0.717, 1.165) is 12.8 Å². The molecule has 1 unspecified atom stereocenters. The second kappa shape index (κ2) is 5.32. The van der Waals surface area contributed by atoms with Crippen LogP contribution >= 0.6 is 0 Å². The van der Waals surface area contributed by atoms with E-state index in [1.165, 1.54) is 6.07 Å². The Balaban J connectivity index is 2.46. The molecule has 0 aliphatic carbocycles. The minimum Gasteiger partial charge on any atom is -0.207 e. The Hall–Kier alpha value is -1.38. The molecule has 1 heterocycles. The maximum absolute atomic E-state index is 12.7. The van der Waals surface area contributed by atoms with Crippen molar-refractivity contribution in [2.75, 3.05) is 6.54 Å². The summed E-state index contributed by atoms with van der Waals surface area (Å²) in [5, 5.41) is 9.07. The molecule has 0 radical (unpaired) electrons. The fraction of sp³-hybridized carbons (Fsp3) is 0.500. The maximum Gasteiger partial charge on any atom is 0.244 e. The molecule has 1 saturated heterocycles. The van der Waals surface area contributed by atoms with Crippen LogP contribution in [0.2, 0.25) is 0 Å². The number of hydrogen-bond acceptors (Lipinski definition) is 3. The minimum atomic E-state index is -3.56. The highest BCUT2D eigenvalue weighted by Gasteiger charge is 2.37. The molecule has 1 atom stereocenters. The summed E-state index contributed by atoms with van der Waals surface area (Å²) in [6.45, 7) is 4.62. The Bertz CT molecular complexity index is 602. The van der Waals surface area contributed by atoms with Gasteiger partial charge in [0.05, 0.1) is 10.5 Å². The first-order valence-electron chi connectivity index (χ1n) is 6.49. The van der Waals surface area contributed by atoms with Crippen molar-refractivity contribution >= 4 is 10.0 Å². The summed E-state index contributed by atoms with van der Waals surface area (Å²) in [5.74, 6) is 0.284. The van der Waals surface area contributed by atoms with Crippen LogP contribution in [0.5, 0.6) is 0 Å². The van der Waals surface area contributed by atoms with Crippen LogP contribution in [0.3, 0.4) is 0 Å². The van der Waals surface area contributed by atoms with Crippen LogP contribution in [0.15, 0.2) is 29.2 Å². The van der Waals surface area contributed by atoms with Crippen LogP contribution in [0.1, 0.15) is 32.3 Å². The Kier molecular flexibility index (Phi) is 3.93. The van der Waals surface area contributed by atoms with Crippen molar-refractivity contribution in [3.05, 3.63) is 29.8 Å². The van der Waals surface area contributed by atoms with Crippen LogP contribution in [0.25, 0.3) is 0 Å². The Labute approximate surface area is 114 Å². The third-order valence-electron chi connectivity index (χ3n) is 3.61. The number of benzene rings is 1. The van der Waals surface area contributed by atoms with E-state index in [4.69, 9.17) is 5.26 Å². The zero-order valence-electron chi connectivity index (χ0n) is 11.2. The molecule has 1 aliphatic heterocycles. The van der Waals surface area contributed by atoms with Gasteiger partial charge in [0.1, 0.15) is 6.07 Å². The van der Waals surface area contributed by atoms with Crippen LogP contribution < -0.4 is 0 Å². The molecule has 0 aromatic heterocycles. The summed E-state index contributed by atoms with van der Waals surface area (Å²) in [7, 11) is -3.56. The van der Waals surface area contributed by atoms with E-state index in [2.05, 4.69) is 0 Å². The van der Waals surface area contributed by atoms with E-state index in [1.807, 2.05) is 19.9 Å². The Morgan fingerprint density at radius 3 is 2.68 bits per heavy atom. The lowest BCUT2D eigenvalue weighted by atomic mass is 10.0. The molecule has 102 valence electrons. The molecule has 1 aromatic carbocycles. The predicted octanol–water partition coefficient (Wildman–Crippen LogP) is 2.37. The van der Waals surface area contributed by atoms with Crippen LogP contribution in [-0.4, -0.2) is 25.3 Å². The lowest BCUT2D eigenvalue weighted by Crippen LogP contribution is -2.38. The lowest BCUT2D eigenvalue weighted by molar-refractivity contribution is 0.315. The van der Waals surface area contributed by atoms with Gasteiger partial charge in [-0.25, -0.2) is 8.42 Å². The molecular formula is C14H18N2O2S. The van der Waals surface area contributed by atoms with Gasteiger partial charge in [0.15, 0.2) is 0 Å². The number of nitrogens with zero attached hydrogens (tertiary/aromatic N) is 2. The number of hydrogen-bond donors (Lipinski definition) is 0. The van der Waals surface area contributed by atoms with Crippen LogP contribution in [0, 0.1) is 17.2 Å². The van der Waals surface area contributed by atoms with Crippen molar-refractivity contribution in [2.45, 2.75) is 37.6 Å². The molecule has 5 heteroatoms. The van der Waals surface area contributed by atoms with Gasteiger partial charge in [-0.3, -0.25) is 0 Å². The van der Waals surface area contributed by atoms with E-state index >= 15 is 0 Å². The monoisotopic (exact) mass is 278 g/mol. The molecule has 1 aliphatic rings. The average molecular weight is 278 g/mol. The smallest absolute Gasteiger partial charge is 0.207 e. The second-order valence-corrected chi connectivity index (χ2v) is 7.04. The van der Waals surface area contributed by atoms with E-state index < -0.39 is 10.0 Å². The van der Waals surface area contributed by atoms with Gasteiger partial charge in [0, 0.05) is 12.6 Å². The van der Waals surface area contributed by atoms with Crippen LogP contribution in [-0.2, 0) is 10.0 Å². The molecule has 19 heavy (non-hydrogen) atoms. The summed E-state index contributed by atoms with van der Waals surface area (Å²) >= 11 is 0. The summed E-state index contributed by atoms with van der Waals surface area (Å²) in [5.41, 5.74) is 0.219. The van der Waals surface area contributed by atoms with E-state index in [1.54, 1.807) is 22.5 Å². The third-order valence-corrected chi connectivity index (χ3v) is 5.59. The number of sulfonamides is 1. The van der Waals surface area contributed by atoms with Crippen molar-refractivity contribution in [1.29, 1.82) is 5.26 Å². The van der Waals surface area contributed by atoms with Crippen molar-refractivity contribution in [3.8, 4) is 6.07 Å². The van der Waals surface area contributed by atoms with Gasteiger partial charge in [0.2, 0.25) is 10.0 Å². The SMILES string of the molecule is CC(C)C1CCCN1S(=O)(=O)c1ccccc1C#N. The van der Waals surface area contributed by atoms with Gasteiger partial charge in [-0.2, -0.15) is 9.57 Å². The fourth-order valence-corrected chi connectivity index (χ4v) is 4.61. The summed E-state index contributed by atoms with van der Waals surface area (Å²) in [6.07, 6.45) is 1.78. The van der Waals surface area contributed by atoms with Crippen molar-refractivity contribution in [3.63, 3.8) is 0 Å². The fourth-order valence-electron chi connectivity index (χ4n) is 2.64. The van der Waals surface area contributed by atoms with E-state index in [-0.39, 0.29) is 22.4 Å². The highest BCUT2D eigenvalue weighted by Crippen LogP contribution is 2.31. The van der Waals surface area contributed by atoms with Gasteiger partial charge in [-0.15, -0.1) is 0 Å². The largest absolute Gasteiger partial charge is 0.244 e. The van der Waals surface area contributed by atoms with Crippen molar-refractivity contribution in [2.24, 2.45) is 5.92 Å². The standard InChI is InChI=1S/C14H18N2O2S/c1-11(2)13-7-5-9-16(13)19(17,18)14-8-4-3-6-12(14)10-15/h3-4,6,8,11,13H,5,7,9H2,1-2H3. The van der Waals surface area contributed by atoms with Gasteiger partial charge in [0.25, 0.3) is 0 Å². The Morgan fingerprint density at radius 1 is 1.37 bits per heavy atom. The minimum absolute atomic E-state index is 0.0387. The summed E-state index contributed by atoms with van der Waals surface area (Å²) in [4.78, 5) is 0.130. The molecule has 0 amide bonds. The van der Waals surface area contributed by atoms with E-state index in [9.17, 15) is 8.42 Å². The molecule has 4 nitrogen and oxygen atoms in total. The topological polar surface area (TPSA) is 61.2 Å². The summed E-state index contributed by atoms with van der Waals surface area (Å²) in [6, 6.07) is 8.41. The number of nitriles is 1. The molecule has 0 N–H and O–H groups in total. The zero-order valence-corrected chi connectivity index (χ0v) is 12.0. The van der Waals surface area contributed by atoms with Crippen molar-refractivity contribution < 1.29 is 8.42 Å². The van der Waals surface area contributed by atoms with Crippen molar-refractivity contribution in [1.82, 2.24) is 4.31 Å². The number of rotatable bonds is 3. The van der Waals surface area contributed by atoms with Gasteiger partial charge >= 0.3 is 0 Å². The zero-order chi connectivity index (χ0) is 14.0. The molecule has 0 saturated carbocycles. The average Bonchev–Trinajstić information content (AvgIpc) is 2.88. The predicted molar refractivity (Wildman–Crippen MR) is 72.9 cm³/mol. The summed E-state index contributed by atoms with van der Waals surface area (Å²) < 4.78 is 27.0. The third kappa shape index (κ3) is 2.51. The Morgan fingerprint density at radius 2 is 2.05 bits per heavy atom. The van der Waals surface area contributed by atoms with Gasteiger partial charge in [-0.1, -0.05) is 26.0 Å². The highest BCUT2D eigenvalue weighted by atomic mass is 32.2. The maximum atomic E-state index is 12.7. The van der Waals surface area contributed by atoms with E-state index in [0.29, 0.717) is 6.54 Å². The molecular weight excluding hydrogens is 260 g/mol. The first-order chi connectivity index (χ1) is 8.98. The first kappa shape index (κ1) is 14.0. The molecule has 0 spiro atoms. The molecule has 1 fully saturated rings. The second-order valence-electron chi connectivity index (χ2n) is 5.18. The lowest BCUT2D eigenvalue weighted by Gasteiger charge is -2.27.